The fraction of sp³-hybridized carbons (Fsp3) is 0.308. The molecule has 0 amide bonds. The average Bonchev–Trinajstić information content (AvgIpc) is 2.25. The van der Waals surface area contributed by atoms with Gasteiger partial charge in [0.05, 0.1) is 0 Å². The molecular formula is C13H16O. The Morgan fingerprint density at radius 1 is 0.929 bits per heavy atom. The van der Waals surface area contributed by atoms with E-state index in [9.17, 15) is 4.79 Å². The van der Waals surface area contributed by atoms with Crippen molar-refractivity contribution < 1.29 is 4.79 Å². The van der Waals surface area contributed by atoms with Gasteiger partial charge in [0.2, 0.25) is 0 Å². The number of allylic oxidation sites excluding steroid dienone is 2. The monoisotopic (exact) mass is 188 g/mol. The van der Waals surface area contributed by atoms with E-state index in [1.165, 1.54) is 5.56 Å². The Morgan fingerprint density at radius 3 is 2.36 bits per heavy atom. The largest absolute Gasteiger partial charge is 0.303 e. The van der Waals surface area contributed by atoms with E-state index in [2.05, 4.69) is 36.4 Å². The summed E-state index contributed by atoms with van der Waals surface area (Å²) < 4.78 is 0. The van der Waals surface area contributed by atoms with Gasteiger partial charge >= 0.3 is 0 Å². The highest BCUT2D eigenvalue weighted by Gasteiger charge is 1.87. The molecule has 1 heteroatoms. The second-order valence-electron chi connectivity index (χ2n) is 3.24. The fourth-order valence-corrected chi connectivity index (χ4v) is 1.29. The molecule has 0 bridgehead atoms. The lowest BCUT2D eigenvalue weighted by atomic mass is 10.1. The van der Waals surface area contributed by atoms with Crippen LogP contribution in [0.4, 0.5) is 0 Å². The Morgan fingerprint density at radius 2 is 1.64 bits per heavy atom. The lowest BCUT2D eigenvalue weighted by Gasteiger charge is -1.95. The van der Waals surface area contributed by atoms with E-state index < -0.39 is 0 Å². The van der Waals surface area contributed by atoms with Gasteiger partial charge < -0.3 is 4.79 Å². The molecule has 1 aromatic rings. The maximum Gasteiger partial charge on any atom is 0.120 e. The third kappa shape index (κ3) is 4.61. The van der Waals surface area contributed by atoms with Crippen LogP contribution >= 0.6 is 0 Å². The standard InChI is InChI=1S/C13H16O/c14-12-8-3-1-2-5-9-13-10-6-4-7-11-13/h1-2,4,6-7,10-12H,3,5,8-9H2. The van der Waals surface area contributed by atoms with Gasteiger partial charge in [0.1, 0.15) is 6.29 Å². The Labute approximate surface area is 85.5 Å². The summed E-state index contributed by atoms with van der Waals surface area (Å²) in [5.41, 5.74) is 1.37. The van der Waals surface area contributed by atoms with Crippen LogP contribution in [0.2, 0.25) is 0 Å². The quantitative estimate of drug-likeness (QED) is 0.381. The van der Waals surface area contributed by atoms with Crippen molar-refractivity contribution in [1.29, 1.82) is 0 Å². The van der Waals surface area contributed by atoms with Crippen molar-refractivity contribution >= 4 is 6.29 Å². The van der Waals surface area contributed by atoms with Crippen LogP contribution in [-0.4, -0.2) is 6.29 Å². The first-order valence-electron chi connectivity index (χ1n) is 5.06. The predicted octanol–water partition coefficient (Wildman–Crippen LogP) is 3.15. The maximum absolute atomic E-state index is 10.0. The molecule has 1 aromatic carbocycles. The third-order valence-corrected chi connectivity index (χ3v) is 2.06. The van der Waals surface area contributed by atoms with Gasteiger partial charge in [-0.1, -0.05) is 42.5 Å². The third-order valence-electron chi connectivity index (χ3n) is 2.06. The predicted molar refractivity (Wildman–Crippen MR) is 59.2 cm³/mol. The summed E-state index contributed by atoms with van der Waals surface area (Å²) in [7, 11) is 0. The van der Waals surface area contributed by atoms with Crippen molar-refractivity contribution in [2.75, 3.05) is 0 Å². The van der Waals surface area contributed by atoms with Gasteiger partial charge in [-0.15, -0.1) is 0 Å². The van der Waals surface area contributed by atoms with E-state index in [1.54, 1.807) is 0 Å². The first kappa shape index (κ1) is 10.7. The molecule has 0 saturated carbocycles. The van der Waals surface area contributed by atoms with Crippen molar-refractivity contribution in [1.82, 2.24) is 0 Å². The van der Waals surface area contributed by atoms with E-state index >= 15 is 0 Å². The molecule has 14 heavy (non-hydrogen) atoms. The van der Waals surface area contributed by atoms with Gasteiger partial charge in [0, 0.05) is 6.42 Å². The number of rotatable bonds is 6. The lowest BCUT2D eigenvalue weighted by molar-refractivity contribution is -0.107. The summed E-state index contributed by atoms with van der Waals surface area (Å²) in [5.74, 6) is 0. The highest BCUT2D eigenvalue weighted by molar-refractivity contribution is 5.49. The van der Waals surface area contributed by atoms with Crippen LogP contribution < -0.4 is 0 Å². The number of hydrogen-bond donors (Lipinski definition) is 0. The summed E-state index contributed by atoms with van der Waals surface area (Å²) in [6.07, 6.45) is 8.84. The van der Waals surface area contributed by atoms with Gasteiger partial charge in [-0.05, 0) is 24.8 Å². The van der Waals surface area contributed by atoms with Gasteiger partial charge in [0.15, 0.2) is 0 Å². The maximum atomic E-state index is 10.0. The van der Waals surface area contributed by atoms with E-state index in [1.807, 2.05) is 6.07 Å². The summed E-state index contributed by atoms with van der Waals surface area (Å²) in [6.45, 7) is 0. The second-order valence-corrected chi connectivity index (χ2v) is 3.24. The number of carbonyl (C=O) groups excluding carboxylic acids is 1. The van der Waals surface area contributed by atoms with Crippen molar-refractivity contribution in [3.05, 3.63) is 48.0 Å². The van der Waals surface area contributed by atoms with Crippen LogP contribution in [0.25, 0.3) is 0 Å². The molecule has 0 saturated heterocycles. The van der Waals surface area contributed by atoms with Crippen LogP contribution in [-0.2, 0) is 11.2 Å². The molecule has 0 heterocycles. The van der Waals surface area contributed by atoms with E-state index in [4.69, 9.17) is 0 Å². The van der Waals surface area contributed by atoms with Crippen molar-refractivity contribution in [3.8, 4) is 0 Å². The summed E-state index contributed by atoms with van der Waals surface area (Å²) in [6, 6.07) is 10.4. The first-order chi connectivity index (χ1) is 6.93. The highest BCUT2D eigenvalue weighted by atomic mass is 16.1. The first-order valence-corrected chi connectivity index (χ1v) is 5.06. The molecule has 74 valence electrons. The highest BCUT2D eigenvalue weighted by Crippen LogP contribution is 2.03. The van der Waals surface area contributed by atoms with Crippen molar-refractivity contribution in [3.63, 3.8) is 0 Å². The summed E-state index contributed by atoms with van der Waals surface area (Å²) in [5, 5.41) is 0. The molecule has 1 rings (SSSR count). The zero-order valence-electron chi connectivity index (χ0n) is 8.36. The van der Waals surface area contributed by atoms with Crippen LogP contribution in [0.1, 0.15) is 24.8 Å². The van der Waals surface area contributed by atoms with E-state index in [0.29, 0.717) is 6.42 Å². The fourth-order valence-electron chi connectivity index (χ4n) is 1.29. The molecule has 0 aromatic heterocycles. The SMILES string of the molecule is O=CCCC=CCCc1ccccc1. The molecule has 0 N–H and O–H groups in total. The van der Waals surface area contributed by atoms with Gasteiger partial charge in [-0.25, -0.2) is 0 Å². The number of hydrogen-bond acceptors (Lipinski definition) is 1. The van der Waals surface area contributed by atoms with Crippen LogP contribution in [0.5, 0.6) is 0 Å². The minimum atomic E-state index is 0.641. The van der Waals surface area contributed by atoms with Crippen molar-refractivity contribution in [2.45, 2.75) is 25.7 Å². The smallest absolute Gasteiger partial charge is 0.120 e. The topological polar surface area (TPSA) is 17.1 Å². The molecule has 0 unspecified atom stereocenters. The van der Waals surface area contributed by atoms with Gasteiger partial charge in [-0.2, -0.15) is 0 Å². The Kier molecular flexibility index (Phi) is 5.41. The number of aryl methyl sites for hydroxylation is 1. The molecule has 0 aliphatic heterocycles. The molecule has 0 spiro atoms. The lowest BCUT2D eigenvalue weighted by Crippen LogP contribution is -1.81. The minimum absolute atomic E-state index is 0.641. The Balaban J connectivity index is 2.15. The molecule has 0 fully saturated rings. The van der Waals surface area contributed by atoms with Crippen molar-refractivity contribution in [2.24, 2.45) is 0 Å². The Bertz CT molecular complexity index is 275. The van der Waals surface area contributed by atoms with Gasteiger partial charge in [-0.3, -0.25) is 0 Å². The number of unbranched alkanes of at least 4 members (excludes halogenated alkanes) is 1. The average molecular weight is 188 g/mol. The molecule has 0 aliphatic rings. The summed E-state index contributed by atoms with van der Waals surface area (Å²) >= 11 is 0. The molecule has 0 aliphatic carbocycles. The van der Waals surface area contributed by atoms with Crippen LogP contribution in [0.15, 0.2) is 42.5 Å². The number of aldehydes is 1. The Hall–Kier alpha value is -1.37. The number of benzene rings is 1. The zero-order chi connectivity index (χ0) is 10.1. The van der Waals surface area contributed by atoms with Crippen LogP contribution in [0.3, 0.4) is 0 Å². The molecule has 1 nitrogen and oxygen atoms in total. The van der Waals surface area contributed by atoms with Crippen LogP contribution in [0, 0.1) is 0 Å². The summed E-state index contributed by atoms with van der Waals surface area (Å²) in [4.78, 5) is 10.0. The van der Waals surface area contributed by atoms with E-state index in [-0.39, 0.29) is 0 Å². The molecule has 0 atom stereocenters. The normalized spacial score (nSPS) is 10.6. The minimum Gasteiger partial charge on any atom is -0.303 e. The van der Waals surface area contributed by atoms with E-state index in [0.717, 1.165) is 25.5 Å². The molecule has 0 radical (unpaired) electrons. The zero-order valence-corrected chi connectivity index (χ0v) is 8.36. The second kappa shape index (κ2) is 7.07. The number of carbonyl (C=O) groups is 1. The van der Waals surface area contributed by atoms with Gasteiger partial charge in [0.25, 0.3) is 0 Å². The molecular weight excluding hydrogens is 172 g/mol.